The van der Waals surface area contributed by atoms with Crippen LogP contribution in [0.5, 0.6) is 0 Å². The Kier molecular flexibility index (Phi) is 3.57. The highest BCUT2D eigenvalue weighted by Crippen LogP contribution is 2.14. The summed E-state index contributed by atoms with van der Waals surface area (Å²) >= 11 is 0. The molecule has 1 aliphatic rings. The molecule has 2 aromatic rings. The summed E-state index contributed by atoms with van der Waals surface area (Å²) in [5.74, 6) is -1.26. The van der Waals surface area contributed by atoms with Crippen LogP contribution in [0.15, 0.2) is 30.6 Å². The van der Waals surface area contributed by atoms with Gasteiger partial charge in [-0.2, -0.15) is 5.10 Å². The first-order chi connectivity index (χ1) is 10.2. The van der Waals surface area contributed by atoms with Gasteiger partial charge in [0.15, 0.2) is 6.04 Å². The third kappa shape index (κ3) is 2.59. The Bertz CT molecular complexity index is 682. The second-order valence-corrected chi connectivity index (χ2v) is 4.89. The van der Waals surface area contributed by atoms with E-state index in [9.17, 15) is 9.59 Å². The number of hydrogen-bond acceptors (Lipinski definition) is 4. The minimum absolute atomic E-state index is 0.0375. The number of hydrogen-bond donors (Lipinski definition) is 1. The zero-order valence-corrected chi connectivity index (χ0v) is 11.3. The largest absolute Gasteiger partial charge is 0.480 e. The van der Waals surface area contributed by atoms with E-state index in [4.69, 9.17) is 9.84 Å². The van der Waals surface area contributed by atoms with Crippen molar-refractivity contribution in [2.75, 3.05) is 19.8 Å². The third-order valence-corrected chi connectivity index (χ3v) is 3.58. The van der Waals surface area contributed by atoms with E-state index in [0.717, 1.165) is 11.1 Å². The normalized spacial score (nSPS) is 18.9. The predicted octanol–water partition coefficient (Wildman–Crippen LogP) is 0.189. The van der Waals surface area contributed by atoms with Crippen LogP contribution in [0, 0.1) is 0 Å². The number of carboxylic acids is 1. The highest BCUT2D eigenvalue weighted by Gasteiger charge is 2.32. The molecule has 1 aliphatic heterocycles. The molecule has 0 radical (unpaired) electrons. The van der Waals surface area contributed by atoms with E-state index >= 15 is 0 Å². The van der Waals surface area contributed by atoms with Gasteiger partial charge in [-0.05, 0) is 12.1 Å². The van der Waals surface area contributed by atoms with Crippen molar-refractivity contribution in [3.05, 3.63) is 36.2 Å². The van der Waals surface area contributed by atoms with Crippen molar-refractivity contribution in [1.82, 2.24) is 14.5 Å². The van der Waals surface area contributed by atoms with Crippen LogP contribution in [0.4, 0.5) is 0 Å². The fourth-order valence-corrected chi connectivity index (χ4v) is 2.49. The summed E-state index contributed by atoms with van der Waals surface area (Å²) in [6.45, 7) is 0.703. The van der Waals surface area contributed by atoms with E-state index in [2.05, 4.69) is 5.10 Å². The van der Waals surface area contributed by atoms with Gasteiger partial charge in [0.05, 0.1) is 31.3 Å². The average Bonchev–Trinajstić information content (AvgIpc) is 2.90. The first-order valence-electron chi connectivity index (χ1n) is 6.68. The first-order valence-corrected chi connectivity index (χ1v) is 6.68. The first kappa shape index (κ1) is 13.6. The summed E-state index contributed by atoms with van der Waals surface area (Å²) in [6, 6.07) is 4.70. The molecule has 3 rings (SSSR count). The molecule has 1 N–H and O–H groups in total. The summed E-state index contributed by atoms with van der Waals surface area (Å²) < 4.78 is 6.83. The lowest BCUT2D eigenvalue weighted by Gasteiger charge is -2.32. The van der Waals surface area contributed by atoms with Crippen LogP contribution in [-0.4, -0.2) is 57.3 Å². The molecule has 7 nitrogen and oxygen atoms in total. The Hall–Kier alpha value is -2.41. The van der Waals surface area contributed by atoms with Crippen LogP contribution in [0.2, 0.25) is 0 Å². The maximum absolute atomic E-state index is 12.4. The fraction of sp³-hybridized carbons (Fsp3) is 0.357. The molecule has 0 aliphatic carbocycles. The van der Waals surface area contributed by atoms with Crippen LogP contribution < -0.4 is 0 Å². The van der Waals surface area contributed by atoms with Gasteiger partial charge < -0.3 is 14.7 Å². The van der Waals surface area contributed by atoms with Crippen LogP contribution in [0.3, 0.4) is 0 Å². The Morgan fingerprint density at radius 2 is 2.29 bits per heavy atom. The monoisotopic (exact) mass is 289 g/mol. The number of ether oxygens (including phenoxy) is 1. The van der Waals surface area contributed by atoms with Gasteiger partial charge >= 0.3 is 5.97 Å². The maximum atomic E-state index is 12.4. The van der Waals surface area contributed by atoms with Gasteiger partial charge in [-0.3, -0.25) is 4.79 Å². The maximum Gasteiger partial charge on any atom is 0.328 e. The second-order valence-electron chi connectivity index (χ2n) is 4.89. The molecule has 2 aromatic heterocycles. The molecule has 21 heavy (non-hydrogen) atoms. The zero-order valence-electron chi connectivity index (χ0n) is 11.3. The molecule has 7 heteroatoms. The smallest absolute Gasteiger partial charge is 0.328 e. The lowest BCUT2D eigenvalue weighted by Crippen LogP contribution is -2.53. The van der Waals surface area contributed by atoms with Gasteiger partial charge in [0, 0.05) is 18.3 Å². The SMILES string of the molecule is O=C(O)C1COCCN1C(=O)Cc1cnn2ccccc12. The standard InChI is InChI=1S/C14H15N3O4/c18-13(16-5-6-21-9-12(16)14(19)20)7-10-8-15-17-4-2-1-3-11(10)17/h1-4,8,12H,5-7,9H2,(H,19,20). The summed E-state index contributed by atoms with van der Waals surface area (Å²) in [5, 5.41) is 13.3. The Morgan fingerprint density at radius 3 is 3.10 bits per heavy atom. The summed E-state index contributed by atoms with van der Waals surface area (Å²) in [4.78, 5) is 25.0. The molecule has 1 unspecified atom stereocenters. The van der Waals surface area contributed by atoms with Crippen LogP contribution in [-0.2, 0) is 20.7 Å². The van der Waals surface area contributed by atoms with Crippen molar-refractivity contribution in [2.24, 2.45) is 0 Å². The molecular formula is C14H15N3O4. The van der Waals surface area contributed by atoms with E-state index < -0.39 is 12.0 Å². The quantitative estimate of drug-likeness (QED) is 0.872. The number of rotatable bonds is 3. The molecular weight excluding hydrogens is 274 g/mol. The third-order valence-electron chi connectivity index (χ3n) is 3.58. The number of fused-ring (bicyclic) bond motifs is 1. The number of nitrogens with zero attached hydrogens (tertiary/aromatic N) is 3. The van der Waals surface area contributed by atoms with E-state index in [0.29, 0.717) is 13.2 Å². The Morgan fingerprint density at radius 1 is 1.43 bits per heavy atom. The number of carbonyl (C=O) groups excluding carboxylic acids is 1. The van der Waals surface area contributed by atoms with E-state index in [1.54, 1.807) is 16.9 Å². The number of carboxylic acid groups (broad SMARTS) is 1. The topological polar surface area (TPSA) is 84.1 Å². The van der Waals surface area contributed by atoms with Crippen LogP contribution in [0.25, 0.3) is 5.52 Å². The van der Waals surface area contributed by atoms with E-state index in [-0.39, 0.29) is 18.9 Å². The molecule has 0 saturated carbocycles. The van der Waals surface area contributed by atoms with Crippen molar-refractivity contribution in [3.63, 3.8) is 0 Å². The molecule has 1 atom stereocenters. The van der Waals surface area contributed by atoms with Gasteiger partial charge in [0.1, 0.15) is 0 Å². The molecule has 1 amide bonds. The highest BCUT2D eigenvalue weighted by atomic mass is 16.5. The highest BCUT2D eigenvalue weighted by molar-refractivity contribution is 5.86. The Labute approximate surface area is 120 Å². The number of amides is 1. The number of aromatic nitrogens is 2. The van der Waals surface area contributed by atoms with Gasteiger partial charge in [0.25, 0.3) is 0 Å². The molecule has 0 spiro atoms. The number of carbonyl (C=O) groups is 2. The minimum Gasteiger partial charge on any atom is -0.480 e. The second kappa shape index (κ2) is 5.53. The summed E-state index contributed by atoms with van der Waals surface area (Å²) in [7, 11) is 0. The predicted molar refractivity (Wildman–Crippen MR) is 72.9 cm³/mol. The van der Waals surface area contributed by atoms with Crippen molar-refractivity contribution in [1.29, 1.82) is 0 Å². The summed E-state index contributed by atoms with van der Waals surface area (Å²) in [6.07, 6.45) is 3.58. The molecule has 1 fully saturated rings. The van der Waals surface area contributed by atoms with Gasteiger partial charge in [0.2, 0.25) is 5.91 Å². The molecule has 0 bridgehead atoms. The number of aliphatic carboxylic acids is 1. The number of morpholine rings is 1. The lowest BCUT2D eigenvalue weighted by atomic mass is 10.1. The van der Waals surface area contributed by atoms with Crippen molar-refractivity contribution >= 4 is 17.4 Å². The van der Waals surface area contributed by atoms with Gasteiger partial charge in [-0.15, -0.1) is 0 Å². The fourth-order valence-electron chi connectivity index (χ4n) is 2.49. The van der Waals surface area contributed by atoms with Gasteiger partial charge in [-0.1, -0.05) is 6.07 Å². The van der Waals surface area contributed by atoms with Crippen molar-refractivity contribution in [2.45, 2.75) is 12.5 Å². The van der Waals surface area contributed by atoms with Crippen molar-refractivity contribution < 1.29 is 19.4 Å². The summed E-state index contributed by atoms with van der Waals surface area (Å²) in [5.41, 5.74) is 1.64. The van der Waals surface area contributed by atoms with Crippen LogP contribution in [0.1, 0.15) is 5.56 Å². The van der Waals surface area contributed by atoms with E-state index in [1.165, 1.54) is 4.90 Å². The minimum atomic E-state index is -1.04. The molecule has 110 valence electrons. The average molecular weight is 289 g/mol. The van der Waals surface area contributed by atoms with E-state index in [1.807, 2.05) is 18.2 Å². The molecule has 1 saturated heterocycles. The van der Waals surface area contributed by atoms with Gasteiger partial charge in [-0.25, -0.2) is 9.31 Å². The zero-order chi connectivity index (χ0) is 14.8. The van der Waals surface area contributed by atoms with Crippen molar-refractivity contribution in [3.8, 4) is 0 Å². The molecule has 0 aromatic carbocycles. The number of pyridine rings is 1. The Balaban J connectivity index is 1.80. The molecule has 3 heterocycles. The van der Waals surface area contributed by atoms with Crippen LogP contribution >= 0.6 is 0 Å². The lowest BCUT2D eigenvalue weighted by molar-refractivity contribution is -0.157.